The fourth-order valence-corrected chi connectivity index (χ4v) is 11.1. The fourth-order valence-electron chi connectivity index (χ4n) is 1.66. The molecule has 0 rings (SSSR count). The van der Waals surface area contributed by atoms with E-state index >= 15 is 0 Å². The van der Waals surface area contributed by atoms with E-state index in [4.69, 9.17) is 0 Å². The van der Waals surface area contributed by atoms with Crippen molar-refractivity contribution < 1.29 is 9.90 Å². The summed E-state index contributed by atoms with van der Waals surface area (Å²) in [4.78, 5) is 9.18. The van der Waals surface area contributed by atoms with Crippen LogP contribution in [0.4, 0.5) is 0 Å². The van der Waals surface area contributed by atoms with Crippen LogP contribution in [0.15, 0.2) is 0 Å². The molecule has 0 heterocycles. The van der Waals surface area contributed by atoms with Gasteiger partial charge in [0.25, 0.3) is 0 Å². The van der Waals surface area contributed by atoms with E-state index in [1.807, 2.05) is 0 Å². The number of hydrogen-bond acceptors (Lipinski definition) is 3. The van der Waals surface area contributed by atoms with Crippen molar-refractivity contribution in [3.63, 3.8) is 0 Å². The first kappa shape index (κ1) is 20.9. The Labute approximate surface area is 126 Å². The molecule has 0 aliphatic heterocycles. The van der Waals surface area contributed by atoms with Gasteiger partial charge in [0.1, 0.15) is 0 Å². The Morgan fingerprint density at radius 1 is 0.944 bits per heavy atom. The molecule has 0 radical (unpaired) electrons. The van der Waals surface area contributed by atoms with E-state index < -0.39 is 25.7 Å². The van der Waals surface area contributed by atoms with Crippen LogP contribution in [-0.4, -0.2) is 31.5 Å². The van der Waals surface area contributed by atoms with Crippen molar-refractivity contribution in [1.82, 2.24) is 0 Å². The molecule has 0 amide bonds. The number of rotatable bonds is 10. The topological polar surface area (TPSA) is 40.1 Å². The summed E-state index contributed by atoms with van der Waals surface area (Å²) in [6.45, 7) is 7.00. The van der Waals surface area contributed by atoms with Gasteiger partial charge in [-0.1, -0.05) is 0 Å². The average molecular weight is 381 g/mol. The van der Waals surface area contributed by atoms with Gasteiger partial charge in [-0.15, -0.1) is 0 Å². The number of carboxylic acids is 1. The van der Waals surface area contributed by atoms with Crippen molar-refractivity contribution in [2.24, 2.45) is 0 Å². The van der Waals surface area contributed by atoms with Crippen molar-refractivity contribution in [1.29, 1.82) is 0 Å². The predicted octanol–water partition coefficient (Wildman–Crippen LogP) is 3.55. The van der Waals surface area contributed by atoms with Crippen molar-refractivity contribution in [3.8, 4) is 0 Å². The van der Waals surface area contributed by atoms with Gasteiger partial charge < -0.3 is 9.90 Å². The summed E-state index contributed by atoms with van der Waals surface area (Å²) in [7, 11) is 0. The maximum Gasteiger partial charge on any atom is 0.0510 e. The van der Waals surface area contributed by atoms with E-state index in [2.05, 4.69) is 33.4 Å². The van der Waals surface area contributed by atoms with E-state index in [-0.39, 0.29) is 5.75 Å². The summed E-state index contributed by atoms with van der Waals surface area (Å²) in [6, 6.07) is 0. The van der Waals surface area contributed by atoms with Crippen LogP contribution in [0.2, 0.25) is 13.3 Å². The molecule has 0 aromatic rings. The first-order valence-electron chi connectivity index (χ1n) is 7.26. The third-order valence-electron chi connectivity index (χ3n) is 2.78. The Hall–Kier alpha value is 0.619. The van der Waals surface area contributed by atoms with Gasteiger partial charge in [0.2, 0.25) is 0 Å². The molecule has 0 bridgehead atoms. The molecule has 4 heteroatoms. The molecular formula is C14H30O2SSn. The van der Waals surface area contributed by atoms with Crippen molar-refractivity contribution in [3.05, 3.63) is 0 Å². The molecule has 0 saturated heterocycles. The second kappa shape index (κ2) is 17.6. The van der Waals surface area contributed by atoms with Crippen LogP contribution in [0.1, 0.15) is 59.3 Å². The summed E-state index contributed by atoms with van der Waals surface area (Å²) in [5, 5.41) is 9.18. The fraction of sp³-hybridized carbons (Fsp3) is 0.929. The minimum atomic E-state index is -1.13. The molecule has 18 heavy (non-hydrogen) atoms. The maximum absolute atomic E-state index is 9.18. The number of hydrogen-bond donors (Lipinski definition) is 1. The summed E-state index contributed by atoms with van der Waals surface area (Å²) < 4.78 is 5.04. The third-order valence-corrected chi connectivity index (χ3v) is 12.1. The molecule has 0 unspecified atom stereocenters. The van der Waals surface area contributed by atoms with Crippen molar-refractivity contribution >= 4 is 38.4 Å². The van der Waals surface area contributed by atoms with E-state index in [0.29, 0.717) is 0 Å². The first-order valence-corrected chi connectivity index (χ1v) is 13.9. The van der Waals surface area contributed by atoms with Gasteiger partial charge in [0.15, 0.2) is 0 Å². The molecule has 0 spiro atoms. The summed E-state index contributed by atoms with van der Waals surface area (Å²) >= 11 is 2.51. The van der Waals surface area contributed by atoms with Crippen LogP contribution >= 0.6 is 12.6 Å². The molecule has 0 aromatic carbocycles. The zero-order valence-corrected chi connectivity index (χ0v) is 16.1. The quantitative estimate of drug-likeness (QED) is 0.465. The van der Waals surface area contributed by atoms with Crippen LogP contribution in [0.3, 0.4) is 0 Å². The Morgan fingerprint density at radius 2 is 1.22 bits per heavy atom. The van der Waals surface area contributed by atoms with E-state index in [1.165, 1.54) is 38.5 Å². The number of thiol groups is 1. The van der Waals surface area contributed by atoms with E-state index in [1.54, 1.807) is 13.3 Å². The predicted molar refractivity (Wildman–Crippen MR) is 83.8 cm³/mol. The molecule has 0 fully saturated rings. The van der Waals surface area contributed by atoms with Gasteiger partial charge in [0.05, 0.1) is 5.97 Å². The molecule has 2 nitrogen and oxygen atoms in total. The Kier molecular flexibility index (Phi) is 20.5. The van der Waals surface area contributed by atoms with Crippen LogP contribution in [0.5, 0.6) is 0 Å². The molecule has 0 aliphatic rings. The number of carboxylic acid groups (broad SMARTS) is 1. The van der Waals surface area contributed by atoms with Gasteiger partial charge in [-0.2, -0.15) is 12.6 Å². The van der Waals surface area contributed by atoms with Gasteiger partial charge in [-0.3, -0.25) is 0 Å². The normalized spacial score (nSPS) is 9.56. The summed E-state index contributed by atoms with van der Waals surface area (Å²) in [6.07, 6.45) is 8.85. The molecule has 0 aliphatic carbocycles. The standard InChI is InChI=1S/3C4H9.C2H4O2S.Sn/c3*1-3-4-2;3-2(4)1-5;/h3*1,3-4H2,2H3;5H,1H2,(H,3,4);/q;;;;+1/p-1. The maximum atomic E-state index is 9.18. The second-order valence-electron chi connectivity index (χ2n) is 4.59. The third kappa shape index (κ3) is 19.0. The molecule has 0 aromatic heterocycles. The number of carbonyl (C=O) groups excluding carboxylic acids is 1. The average Bonchev–Trinajstić information content (AvgIpc) is 2.38. The first-order chi connectivity index (χ1) is 8.62. The van der Waals surface area contributed by atoms with Crippen LogP contribution in [0.25, 0.3) is 0 Å². The van der Waals surface area contributed by atoms with Crippen LogP contribution < -0.4 is 5.11 Å². The smallest absolute Gasteiger partial charge is 0.0510 e. The van der Waals surface area contributed by atoms with Gasteiger partial charge >= 0.3 is 92.4 Å². The van der Waals surface area contributed by atoms with Gasteiger partial charge in [-0.25, -0.2) is 0 Å². The zero-order chi connectivity index (χ0) is 14.2. The molecule has 108 valence electrons. The summed E-state index contributed by atoms with van der Waals surface area (Å²) in [5.74, 6) is -1.33. The van der Waals surface area contributed by atoms with Crippen LogP contribution in [-0.2, 0) is 4.79 Å². The van der Waals surface area contributed by atoms with Gasteiger partial charge in [0, 0.05) is 5.75 Å². The monoisotopic (exact) mass is 382 g/mol. The zero-order valence-electron chi connectivity index (χ0n) is 12.3. The van der Waals surface area contributed by atoms with Crippen molar-refractivity contribution in [2.45, 2.75) is 72.6 Å². The largest absolute Gasteiger partial charge is 0.549 e. The molecule has 0 atom stereocenters. The minimum Gasteiger partial charge on any atom is -0.549 e. The Morgan fingerprint density at radius 3 is 1.39 bits per heavy atom. The number of unbranched alkanes of at least 4 members (excludes halogenated alkanes) is 3. The van der Waals surface area contributed by atoms with E-state index in [0.717, 1.165) is 0 Å². The van der Waals surface area contributed by atoms with Gasteiger partial charge in [-0.05, 0) is 0 Å². The molecule has 0 saturated carbocycles. The minimum absolute atomic E-state index is 0.194. The van der Waals surface area contributed by atoms with E-state index in [9.17, 15) is 9.90 Å². The SMILES string of the molecule is CCC[CH2][Sn+]([CH2]CCC)[CH2]CCC.O=C([O-])CS. The second-order valence-corrected chi connectivity index (χ2v) is 13.5. The Bertz CT molecular complexity index is 158. The van der Waals surface area contributed by atoms with Crippen LogP contribution in [0, 0.1) is 0 Å². The van der Waals surface area contributed by atoms with Crippen molar-refractivity contribution in [2.75, 3.05) is 5.75 Å². The Balaban J connectivity index is 0. The number of carbonyl (C=O) groups is 1. The number of aliphatic carboxylic acids is 1. The molecule has 0 N–H and O–H groups in total. The summed E-state index contributed by atoms with van der Waals surface area (Å²) in [5.41, 5.74) is 0. The molecular weight excluding hydrogens is 351 g/mol.